The second-order valence-corrected chi connectivity index (χ2v) is 4.21. The summed E-state index contributed by atoms with van der Waals surface area (Å²) in [6.45, 7) is 2.04. The smallest absolute Gasteiger partial charge is 0.183 e. The minimum atomic E-state index is 0.172. The molecule has 4 heteroatoms. The Labute approximate surface area is 101 Å². The number of nitrogens with zero attached hydrogens (tertiary/aromatic N) is 2. The van der Waals surface area contributed by atoms with Crippen LogP contribution in [0.4, 0.5) is 0 Å². The SMILES string of the molecule is CSC(=NC(C)Cc1ccccc1)NC#N. The van der Waals surface area contributed by atoms with E-state index in [4.69, 9.17) is 5.26 Å². The van der Waals surface area contributed by atoms with Crippen molar-refractivity contribution >= 4 is 16.9 Å². The van der Waals surface area contributed by atoms with Crippen molar-refractivity contribution in [3.8, 4) is 6.19 Å². The number of nitrogens with one attached hydrogen (secondary N) is 1. The first-order valence-electron chi connectivity index (χ1n) is 5.07. The molecule has 0 saturated heterocycles. The van der Waals surface area contributed by atoms with E-state index in [2.05, 4.69) is 22.4 Å². The third-order valence-corrected chi connectivity index (χ3v) is 2.66. The summed E-state index contributed by atoms with van der Waals surface area (Å²) in [4.78, 5) is 4.43. The average molecular weight is 233 g/mol. The molecule has 1 aromatic carbocycles. The standard InChI is InChI=1S/C12H15N3S/c1-10(15-12(16-2)14-9-13)8-11-6-4-3-5-7-11/h3-7,10H,8H2,1-2H3,(H,14,15). The van der Waals surface area contributed by atoms with Crippen LogP contribution in [0.3, 0.4) is 0 Å². The van der Waals surface area contributed by atoms with Gasteiger partial charge in [0, 0.05) is 0 Å². The highest BCUT2D eigenvalue weighted by Gasteiger charge is 2.03. The Morgan fingerprint density at radius 2 is 2.19 bits per heavy atom. The zero-order valence-corrected chi connectivity index (χ0v) is 10.3. The van der Waals surface area contributed by atoms with Crippen molar-refractivity contribution in [2.45, 2.75) is 19.4 Å². The molecule has 1 rings (SSSR count). The molecule has 0 aliphatic heterocycles. The Bertz CT molecular complexity index is 381. The van der Waals surface area contributed by atoms with Gasteiger partial charge in [0.15, 0.2) is 11.4 Å². The summed E-state index contributed by atoms with van der Waals surface area (Å²) in [6, 6.07) is 10.4. The van der Waals surface area contributed by atoms with Gasteiger partial charge in [-0.15, -0.1) is 0 Å². The number of nitriles is 1. The number of thioether (sulfide) groups is 1. The quantitative estimate of drug-likeness (QED) is 0.377. The van der Waals surface area contributed by atoms with Gasteiger partial charge in [-0.05, 0) is 25.2 Å². The lowest BCUT2D eigenvalue weighted by molar-refractivity contribution is 0.740. The van der Waals surface area contributed by atoms with E-state index in [0.29, 0.717) is 5.17 Å². The van der Waals surface area contributed by atoms with Crippen molar-refractivity contribution in [2.75, 3.05) is 6.26 Å². The predicted molar refractivity (Wildman–Crippen MR) is 69.3 cm³/mol. The molecule has 3 nitrogen and oxygen atoms in total. The van der Waals surface area contributed by atoms with Gasteiger partial charge in [-0.1, -0.05) is 42.1 Å². The number of rotatable bonds is 3. The first-order chi connectivity index (χ1) is 7.76. The molecule has 1 unspecified atom stereocenters. The third kappa shape index (κ3) is 4.37. The molecule has 0 aliphatic carbocycles. The number of hydrogen-bond acceptors (Lipinski definition) is 3. The molecule has 0 aliphatic rings. The van der Waals surface area contributed by atoms with Gasteiger partial charge in [0.25, 0.3) is 0 Å². The maximum absolute atomic E-state index is 8.52. The van der Waals surface area contributed by atoms with Crippen molar-refractivity contribution in [3.63, 3.8) is 0 Å². The van der Waals surface area contributed by atoms with E-state index in [1.54, 1.807) is 0 Å². The van der Waals surface area contributed by atoms with E-state index >= 15 is 0 Å². The van der Waals surface area contributed by atoms with E-state index in [1.165, 1.54) is 17.3 Å². The summed E-state index contributed by atoms with van der Waals surface area (Å²) in [5.41, 5.74) is 1.26. The van der Waals surface area contributed by atoms with Crippen molar-refractivity contribution < 1.29 is 0 Å². The highest BCUT2D eigenvalue weighted by Crippen LogP contribution is 2.07. The topological polar surface area (TPSA) is 48.2 Å². The molecule has 16 heavy (non-hydrogen) atoms. The Hall–Kier alpha value is -1.47. The molecule has 1 N–H and O–H groups in total. The van der Waals surface area contributed by atoms with Gasteiger partial charge in [-0.2, -0.15) is 5.26 Å². The maximum atomic E-state index is 8.52. The molecule has 0 heterocycles. The zero-order chi connectivity index (χ0) is 11.8. The Morgan fingerprint density at radius 1 is 1.50 bits per heavy atom. The lowest BCUT2D eigenvalue weighted by Crippen LogP contribution is -2.17. The largest absolute Gasteiger partial charge is 0.272 e. The van der Waals surface area contributed by atoms with Crippen LogP contribution in [0.5, 0.6) is 0 Å². The Balaban J connectivity index is 2.59. The highest BCUT2D eigenvalue weighted by molar-refractivity contribution is 8.13. The molecule has 0 fully saturated rings. The van der Waals surface area contributed by atoms with E-state index < -0.39 is 0 Å². The summed E-state index contributed by atoms with van der Waals surface area (Å²) in [6.07, 6.45) is 4.67. The van der Waals surface area contributed by atoms with E-state index in [-0.39, 0.29) is 6.04 Å². The first kappa shape index (κ1) is 12.6. The fourth-order valence-corrected chi connectivity index (χ4v) is 1.82. The van der Waals surface area contributed by atoms with Gasteiger partial charge >= 0.3 is 0 Å². The van der Waals surface area contributed by atoms with Crippen molar-refractivity contribution in [1.29, 1.82) is 5.26 Å². The number of aliphatic imine (C=N–C) groups is 1. The molecule has 1 atom stereocenters. The summed E-state index contributed by atoms with van der Waals surface area (Å²) in [7, 11) is 0. The number of amidine groups is 1. The summed E-state index contributed by atoms with van der Waals surface area (Å²) in [5, 5.41) is 11.8. The van der Waals surface area contributed by atoms with Gasteiger partial charge in [0.2, 0.25) is 0 Å². The van der Waals surface area contributed by atoms with E-state index in [0.717, 1.165) is 6.42 Å². The van der Waals surface area contributed by atoms with Crippen LogP contribution < -0.4 is 5.32 Å². The lowest BCUT2D eigenvalue weighted by Gasteiger charge is -2.08. The van der Waals surface area contributed by atoms with Crippen LogP contribution in [0, 0.1) is 11.5 Å². The highest BCUT2D eigenvalue weighted by atomic mass is 32.2. The average Bonchev–Trinajstić information content (AvgIpc) is 2.29. The summed E-state index contributed by atoms with van der Waals surface area (Å²) in [5.74, 6) is 0. The maximum Gasteiger partial charge on any atom is 0.183 e. The molecular weight excluding hydrogens is 218 g/mol. The molecule has 0 bridgehead atoms. The minimum absolute atomic E-state index is 0.172. The normalized spacial score (nSPS) is 12.9. The molecular formula is C12H15N3S. The zero-order valence-electron chi connectivity index (χ0n) is 9.47. The van der Waals surface area contributed by atoms with Gasteiger partial charge in [0.05, 0.1) is 6.04 Å². The van der Waals surface area contributed by atoms with E-state index in [9.17, 15) is 0 Å². The molecule has 0 amide bonds. The van der Waals surface area contributed by atoms with Crippen LogP contribution in [0.2, 0.25) is 0 Å². The Morgan fingerprint density at radius 3 is 2.75 bits per heavy atom. The fraction of sp³-hybridized carbons (Fsp3) is 0.333. The van der Waals surface area contributed by atoms with Crippen LogP contribution in [-0.4, -0.2) is 17.5 Å². The molecule has 0 aromatic heterocycles. The number of hydrogen-bond donors (Lipinski definition) is 1. The van der Waals surface area contributed by atoms with Gasteiger partial charge < -0.3 is 0 Å². The van der Waals surface area contributed by atoms with Crippen LogP contribution in [0.15, 0.2) is 35.3 Å². The van der Waals surface area contributed by atoms with Crippen LogP contribution >= 0.6 is 11.8 Å². The molecule has 0 saturated carbocycles. The molecule has 1 aromatic rings. The van der Waals surface area contributed by atoms with Crippen LogP contribution in [-0.2, 0) is 6.42 Å². The predicted octanol–water partition coefficient (Wildman–Crippen LogP) is 2.41. The van der Waals surface area contributed by atoms with Gasteiger partial charge in [-0.25, -0.2) is 0 Å². The van der Waals surface area contributed by atoms with Crippen molar-refractivity contribution in [1.82, 2.24) is 5.32 Å². The molecule has 84 valence electrons. The number of benzene rings is 1. The van der Waals surface area contributed by atoms with Crippen molar-refractivity contribution in [3.05, 3.63) is 35.9 Å². The van der Waals surface area contributed by atoms with Crippen molar-refractivity contribution in [2.24, 2.45) is 4.99 Å². The first-order valence-corrected chi connectivity index (χ1v) is 6.29. The van der Waals surface area contributed by atoms with Crippen LogP contribution in [0.1, 0.15) is 12.5 Å². The summed E-state index contributed by atoms with van der Waals surface area (Å²) < 4.78 is 0. The fourth-order valence-electron chi connectivity index (χ4n) is 1.38. The van der Waals surface area contributed by atoms with E-state index in [1.807, 2.05) is 37.6 Å². The minimum Gasteiger partial charge on any atom is -0.272 e. The Kier molecular flexibility index (Phi) is 5.44. The summed E-state index contributed by atoms with van der Waals surface area (Å²) >= 11 is 1.45. The van der Waals surface area contributed by atoms with Gasteiger partial charge in [-0.3, -0.25) is 10.3 Å². The second-order valence-electron chi connectivity index (χ2n) is 3.41. The second kappa shape index (κ2) is 6.91. The van der Waals surface area contributed by atoms with Crippen LogP contribution in [0.25, 0.3) is 0 Å². The molecule has 0 spiro atoms. The molecule has 0 radical (unpaired) electrons. The monoisotopic (exact) mass is 233 g/mol. The lowest BCUT2D eigenvalue weighted by atomic mass is 10.1. The third-order valence-electron chi connectivity index (χ3n) is 2.07. The van der Waals surface area contributed by atoms with Gasteiger partial charge in [0.1, 0.15) is 0 Å².